The van der Waals surface area contributed by atoms with E-state index in [2.05, 4.69) is 5.32 Å². The third kappa shape index (κ3) is 4.86. The molecule has 7 nitrogen and oxygen atoms in total. The first-order valence-electron chi connectivity index (χ1n) is 8.68. The van der Waals surface area contributed by atoms with E-state index in [1.165, 1.54) is 14.0 Å². The zero-order valence-corrected chi connectivity index (χ0v) is 16.2. The van der Waals surface area contributed by atoms with Gasteiger partial charge in [-0.05, 0) is 37.3 Å². The summed E-state index contributed by atoms with van der Waals surface area (Å²) >= 11 is 5.96. The van der Waals surface area contributed by atoms with Crippen molar-refractivity contribution >= 4 is 29.2 Å². The highest BCUT2D eigenvalue weighted by atomic mass is 35.5. The second-order valence-corrected chi connectivity index (χ2v) is 6.55. The van der Waals surface area contributed by atoms with E-state index in [4.69, 9.17) is 30.5 Å². The van der Waals surface area contributed by atoms with Crippen molar-refractivity contribution in [3.8, 4) is 17.2 Å². The number of methoxy groups -OCH3 is 1. The van der Waals surface area contributed by atoms with Crippen molar-refractivity contribution in [1.82, 2.24) is 0 Å². The van der Waals surface area contributed by atoms with E-state index < -0.39 is 18.0 Å². The van der Waals surface area contributed by atoms with Gasteiger partial charge in [-0.3, -0.25) is 9.59 Å². The van der Waals surface area contributed by atoms with Crippen LogP contribution < -0.4 is 19.5 Å². The van der Waals surface area contributed by atoms with Crippen LogP contribution in [0.15, 0.2) is 36.4 Å². The first-order chi connectivity index (χ1) is 13.5. The van der Waals surface area contributed by atoms with Crippen molar-refractivity contribution in [2.75, 3.05) is 25.6 Å². The number of hydrogen-bond donors (Lipinski definition) is 1. The van der Waals surface area contributed by atoms with Gasteiger partial charge in [-0.15, -0.1) is 0 Å². The molecule has 1 aliphatic heterocycles. The molecule has 1 atom stereocenters. The van der Waals surface area contributed by atoms with Crippen LogP contribution in [-0.4, -0.2) is 38.3 Å². The zero-order chi connectivity index (χ0) is 20.1. The number of anilines is 1. The number of hydrogen-bond acceptors (Lipinski definition) is 6. The number of carbonyl (C=O) groups excluding carboxylic acids is 2. The Bertz CT molecular complexity index is 885. The van der Waals surface area contributed by atoms with E-state index in [-0.39, 0.29) is 6.42 Å². The number of fused-ring (bicyclic) bond motifs is 1. The lowest BCUT2D eigenvalue weighted by molar-refractivity contribution is -0.152. The van der Waals surface area contributed by atoms with Gasteiger partial charge in [0, 0.05) is 22.3 Å². The van der Waals surface area contributed by atoms with Crippen LogP contribution in [0.1, 0.15) is 12.5 Å². The van der Waals surface area contributed by atoms with Crippen LogP contribution in [0.2, 0.25) is 5.02 Å². The Hall–Kier alpha value is -2.93. The van der Waals surface area contributed by atoms with Crippen LogP contribution in [0.25, 0.3) is 0 Å². The van der Waals surface area contributed by atoms with Crippen LogP contribution in [0.3, 0.4) is 0 Å². The van der Waals surface area contributed by atoms with Gasteiger partial charge < -0.3 is 24.3 Å². The molecule has 148 valence electrons. The molecule has 0 radical (unpaired) electrons. The lowest BCUT2D eigenvalue weighted by Gasteiger charge is -2.19. The minimum atomic E-state index is -0.981. The molecule has 0 spiro atoms. The van der Waals surface area contributed by atoms with E-state index in [0.717, 1.165) is 0 Å². The van der Waals surface area contributed by atoms with Gasteiger partial charge in [0.2, 0.25) is 0 Å². The normalized spacial score (nSPS) is 13.4. The number of benzene rings is 2. The van der Waals surface area contributed by atoms with Crippen molar-refractivity contribution < 1.29 is 28.5 Å². The summed E-state index contributed by atoms with van der Waals surface area (Å²) in [4.78, 5) is 24.6. The van der Waals surface area contributed by atoms with Crippen molar-refractivity contribution in [1.29, 1.82) is 0 Å². The number of carbonyl (C=O) groups is 2. The van der Waals surface area contributed by atoms with Crippen molar-refractivity contribution in [2.24, 2.45) is 0 Å². The SMILES string of the molecule is COc1ccc(Cl)cc1CC(=O)O[C@H](C)C(=O)Nc1ccc2c(c1)OCCO2. The monoisotopic (exact) mass is 405 g/mol. The highest BCUT2D eigenvalue weighted by Crippen LogP contribution is 2.32. The Balaban J connectivity index is 1.58. The largest absolute Gasteiger partial charge is 0.496 e. The first-order valence-corrected chi connectivity index (χ1v) is 9.06. The lowest BCUT2D eigenvalue weighted by Crippen LogP contribution is -2.30. The molecule has 0 unspecified atom stereocenters. The predicted octanol–water partition coefficient (Wildman–Crippen LogP) is 3.23. The summed E-state index contributed by atoms with van der Waals surface area (Å²) in [6, 6.07) is 10.0. The van der Waals surface area contributed by atoms with Gasteiger partial charge >= 0.3 is 5.97 Å². The molecule has 1 heterocycles. The molecular formula is C20H20ClNO6. The molecule has 2 aromatic rings. The lowest BCUT2D eigenvalue weighted by atomic mass is 10.1. The van der Waals surface area contributed by atoms with Gasteiger partial charge in [-0.25, -0.2) is 0 Å². The Morgan fingerprint density at radius 3 is 2.64 bits per heavy atom. The summed E-state index contributed by atoms with van der Waals surface area (Å²) in [6.45, 7) is 2.44. The second kappa shape index (κ2) is 8.84. The summed E-state index contributed by atoms with van der Waals surface area (Å²) in [5.74, 6) is 0.684. The molecule has 0 saturated carbocycles. The van der Waals surface area contributed by atoms with E-state index in [1.54, 1.807) is 36.4 Å². The fraction of sp³-hybridized carbons (Fsp3) is 0.300. The smallest absolute Gasteiger partial charge is 0.311 e. The molecule has 0 bridgehead atoms. The average Bonchev–Trinajstić information content (AvgIpc) is 2.68. The quantitative estimate of drug-likeness (QED) is 0.743. The predicted molar refractivity (Wildman–Crippen MR) is 103 cm³/mol. The van der Waals surface area contributed by atoms with Crippen LogP contribution in [0.5, 0.6) is 17.2 Å². The fourth-order valence-electron chi connectivity index (χ4n) is 2.70. The molecule has 2 aromatic carbocycles. The van der Waals surface area contributed by atoms with Gasteiger partial charge in [-0.2, -0.15) is 0 Å². The molecule has 8 heteroatoms. The maximum Gasteiger partial charge on any atom is 0.311 e. The highest BCUT2D eigenvalue weighted by Gasteiger charge is 2.20. The number of ether oxygens (including phenoxy) is 4. The van der Waals surface area contributed by atoms with E-state index in [0.29, 0.717) is 46.7 Å². The Kier molecular flexibility index (Phi) is 6.26. The second-order valence-electron chi connectivity index (χ2n) is 6.11. The summed E-state index contributed by atoms with van der Waals surface area (Å²) in [7, 11) is 1.50. The van der Waals surface area contributed by atoms with Crippen molar-refractivity contribution in [2.45, 2.75) is 19.4 Å². The molecule has 3 rings (SSSR count). The molecule has 0 fully saturated rings. The molecule has 1 amide bonds. The van der Waals surface area contributed by atoms with Crippen LogP contribution in [-0.2, 0) is 20.7 Å². The van der Waals surface area contributed by atoms with Crippen LogP contribution in [0.4, 0.5) is 5.69 Å². The van der Waals surface area contributed by atoms with E-state index in [1.807, 2.05) is 0 Å². The van der Waals surface area contributed by atoms with Gasteiger partial charge in [0.15, 0.2) is 17.6 Å². The maximum absolute atomic E-state index is 12.3. The van der Waals surface area contributed by atoms with Crippen LogP contribution >= 0.6 is 11.6 Å². The molecule has 28 heavy (non-hydrogen) atoms. The van der Waals surface area contributed by atoms with Gasteiger partial charge in [0.05, 0.1) is 13.5 Å². The Morgan fingerprint density at radius 1 is 1.14 bits per heavy atom. The average molecular weight is 406 g/mol. The van der Waals surface area contributed by atoms with Gasteiger partial charge in [-0.1, -0.05) is 11.6 Å². The number of nitrogens with one attached hydrogen (secondary N) is 1. The highest BCUT2D eigenvalue weighted by molar-refractivity contribution is 6.30. The Labute approximate surface area is 167 Å². The number of halogens is 1. The maximum atomic E-state index is 12.3. The zero-order valence-electron chi connectivity index (χ0n) is 15.5. The fourth-order valence-corrected chi connectivity index (χ4v) is 2.89. The van der Waals surface area contributed by atoms with Gasteiger partial charge in [0.1, 0.15) is 19.0 Å². The third-order valence-corrected chi connectivity index (χ3v) is 4.30. The van der Waals surface area contributed by atoms with E-state index in [9.17, 15) is 9.59 Å². The summed E-state index contributed by atoms with van der Waals surface area (Å²) < 4.78 is 21.4. The standard InChI is InChI=1S/C20H20ClNO6/c1-12(28-19(23)10-13-9-14(21)3-5-16(13)25-2)20(24)22-15-4-6-17-18(11-15)27-8-7-26-17/h3-6,9,11-12H,7-8,10H2,1-2H3,(H,22,24)/t12-/m1/s1. The van der Waals surface area contributed by atoms with Crippen molar-refractivity contribution in [3.63, 3.8) is 0 Å². The molecule has 0 saturated heterocycles. The Morgan fingerprint density at radius 2 is 1.89 bits per heavy atom. The molecule has 1 N–H and O–H groups in total. The van der Waals surface area contributed by atoms with Gasteiger partial charge in [0.25, 0.3) is 5.91 Å². The molecule has 0 aliphatic carbocycles. The van der Waals surface area contributed by atoms with Crippen molar-refractivity contribution in [3.05, 3.63) is 47.0 Å². The minimum Gasteiger partial charge on any atom is -0.496 e. The molecule has 1 aliphatic rings. The van der Waals surface area contributed by atoms with E-state index >= 15 is 0 Å². The summed E-state index contributed by atoms with van der Waals surface area (Å²) in [6.07, 6.45) is -1.04. The number of amides is 1. The minimum absolute atomic E-state index is 0.0641. The first kappa shape index (κ1) is 19.8. The number of rotatable bonds is 6. The van der Waals surface area contributed by atoms with Crippen LogP contribution in [0, 0.1) is 0 Å². The summed E-state index contributed by atoms with van der Waals surface area (Å²) in [5, 5.41) is 3.17. The molecule has 0 aromatic heterocycles. The number of esters is 1. The summed E-state index contributed by atoms with van der Waals surface area (Å²) in [5.41, 5.74) is 1.10. The third-order valence-electron chi connectivity index (χ3n) is 4.06. The topological polar surface area (TPSA) is 83.1 Å². The molecular weight excluding hydrogens is 386 g/mol.